The monoisotopic (exact) mass is 600 g/mol. The Bertz CT molecular complexity index is 1840. The van der Waals surface area contributed by atoms with Crippen LogP contribution in [0.5, 0.6) is 11.5 Å². The highest BCUT2D eigenvalue weighted by molar-refractivity contribution is 5.91. The summed E-state index contributed by atoms with van der Waals surface area (Å²) < 4.78 is 87.7. The molecule has 5 rings (SSSR count). The minimum absolute atomic E-state index is 0.0835. The van der Waals surface area contributed by atoms with Crippen molar-refractivity contribution in [3.8, 4) is 23.0 Å². The highest BCUT2D eigenvalue weighted by atomic mass is 19.4. The number of anilines is 2. The number of rotatable bonds is 8. The molecule has 0 amide bonds. The molecule has 0 aliphatic carbocycles. The molecule has 0 aliphatic rings. The number of pyridine rings is 1. The molecule has 0 saturated heterocycles. The van der Waals surface area contributed by atoms with E-state index in [1.807, 2.05) is 0 Å². The summed E-state index contributed by atoms with van der Waals surface area (Å²) in [5.74, 6) is 0.347. The van der Waals surface area contributed by atoms with Crippen LogP contribution in [-0.2, 0) is 30.6 Å². The molecule has 0 spiro atoms. The van der Waals surface area contributed by atoms with Crippen molar-refractivity contribution in [1.82, 2.24) is 24.5 Å². The number of H-pyrrole nitrogens is 1. The highest BCUT2D eigenvalue weighted by Crippen LogP contribution is 2.36. The van der Waals surface area contributed by atoms with Gasteiger partial charge in [-0.05, 0) is 48.9 Å². The summed E-state index contributed by atoms with van der Waals surface area (Å²) in [4.78, 5) is 26.4. The predicted octanol–water partition coefficient (Wildman–Crippen LogP) is 7.62. The van der Waals surface area contributed by atoms with E-state index >= 15 is 0 Å². The maximum atomic E-state index is 13.8. The molecular weight excluding hydrogens is 578 g/mol. The van der Waals surface area contributed by atoms with E-state index < -0.39 is 29.4 Å². The summed E-state index contributed by atoms with van der Waals surface area (Å²) >= 11 is 0. The fraction of sp³-hybridized carbons (Fsp3) is 0.172. The number of aromatic nitrogens is 5. The number of nitrogens with one attached hydrogen (secondary N) is 2. The molecule has 3 aromatic heterocycles. The third kappa shape index (κ3) is 6.52. The van der Waals surface area contributed by atoms with Crippen LogP contribution < -0.4 is 10.1 Å². The third-order valence-corrected chi connectivity index (χ3v) is 6.33. The molecule has 0 bridgehead atoms. The molecule has 8 nitrogen and oxygen atoms in total. The van der Waals surface area contributed by atoms with Gasteiger partial charge in [-0.3, -0.25) is 9.78 Å². The summed E-state index contributed by atoms with van der Waals surface area (Å²) in [7, 11) is 1.68. The first kappa shape index (κ1) is 29.4. The van der Waals surface area contributed by atoms with E-state index in [0.717, 1.165) is 6.07 Å². The van der Waals surface area contributed by atoms with E-state index in [1.165, 1.54) is 42.6 Å². The largest absolute Gasteiger partial charge is 0.457 e. The number of ether oxygens (including phenoxy) is 1. The quantitative estimate of drug-likeness (QED) is 0.141. The number of alkyl halides is 6. The number of hydrogen-bond donors (Lipinski definition) is 2. The molecule has 2 N–H and O–H groups in total. The Hall–Kier alpha value is -5.14. The van der Waals surface area contributed by atoms with E-state index in [1.54, 1.807) is 36.7 Å². The molecule has 0 atom stereocenters. The molecule has 0 saturated carbocycles. The van der Waals surface area contributed by atoms with Crippen molar-refractivity contribution < 1.29 is 35.9 Å². The molecule has 2 aromatic carbocycles. The second kappa shape index (κ2) is 11.3. The van der Waals surface area contributed by atoms with Crippen LogP contribution in [0.3, 0.4) is 0 Å². The van der Waals surface area contributed by atoms with Gasteiger partial charge >= 0.3 is 12.4 Å². The lowest BCUT2D eigenvalue weighted by Gasteiger charge is -2.15. The van der Waals surface area contributed by atoms with E-state index in [4.69, 9.17) is 4.74 Å². The summed E-state index contributed by atoms with van der Waals surface area (Å²) in [5.41, 5.74) is -0.710. The van der Waals surface area contributed by atoms with Crippen molar-refractivity contribution in [2.24, 2.45) is 7.05 Å². The summed E-state index contributed by atoms with van der Waals surface area (Å²) in [5, 5.41) is 2.90. The van der Waals surface area contributed by atoms with Gasteiger partial charge in [-0.1, -0.05) is 12.1 Å². The van der Waals surface area contributed by atoms with E-state index in [-0.39, 0.29) is 40.9 Å². The number of aryl methyl sites for hydroxylation is 1. The number of halogens is 6. The second-order valence-corrected chi connectivity index (χ2v) is 9.40. The molecule has 14 heteroatoms. The Balaban J connectivity index is 1.38. The first-order valence-electron chi connectivity index (χ1n) is 12.7. The number of benzene rings is 2. The van der Waals surface area contributed by atoms with Gasteiger partial charge in [0.2, 0.25) is 5.95 Å². The first-order chi connectivity index (χ1) is 20.3. The lowest BCUT2D eigenvalue weighted by Crippen LogP contribution is -2.12. The molecule has 0 radical (unpaired) electrons. The van der Waals surface area contributed by atoms with Crippen LogP contribution in [0.1, 0.15) is 23.7 Å². The van der Waals surface area contributed by atoms with Gasteiger partial charge < -0.3 is 19.6 Å². The summed E-state index contributed by atoms with van der Waals surface area (Å²) in [6.07, 6.45) is -4.91. The maximum Gasteiger partial charge on any atom is 0.432 e. The Morgan fingerprint density at radius 2 is 1.77 bits per heavy atom. The minimum atomic E-state index is -4.67. The molecular formula is C29H22F6N6O2. The SMILES string of the molecule is C/C=C/C(=O)Cc1ccc(Nc2nc3cc(Oc4ccnc(-c5ncc(C(F)(F)F)[nH]5)c4)ccc3n2C)cc1C(F)(F)F. The normalized spacial score (nSPS) is 12.3. The number of allylic oxidation sites excluding steroid dienone is 2. The van der Waals surface area contributed by atoms with Crippen molar-refractivity contribution >= 4 is 28.5 Å². The van der Waals surface area contributed by atoms with Gasteiger partial charge in [-0.25, -0.2) is 9.97 Å². The van der Waals surface area contributed by atoms with Gasteiger partial charge in [-0.15, -0.1) is 0 Å². The van der Waals surface area contributed by atoms with Gasteiger partial charge in [0.15, 0.2) is 11.6 Å². The van der Waals surface area contributed by atoms with Crippen molar-refractivity contribution in [3.05, 3.63) is 89.9 Å². The van der Waals surface area contributed by atoms with Gasteiger partial charge in [-0.2, -0.15) is 26.3 Å². The van der Waals surface area contributed by atoms with Crippen LogP contribution in [0, 0.1) is 0 Å². The van der Waals surface area contributed by atoms with Crippen LogP contribution in [0.25, 0.3) is 22.6 Å². The van der Waals surface area contributed by atoms with Gasteiger partial charge in [0.05, 0.1) is 22.8 Å². The maximum absolute atomic E-state index is 13.8. The molecule has 222 valence electrons. The first-order valence-corrected chi connectivity index (χ1v) is 12.7. The number of fused-ring (bicyclic) bond motifs is 1. The Morgan fingerprint density at radius 1 is 1.00 bits per heavy atom. The van der Waals surface area contributed by atoms with Crippen molar-refractivity contribution in [2.45, 2.75) is 25.7 Å². The van der Waals surface area contributed by atoms with Gasteiger partial charge in [0.1, 0.15) is 22.9 Å². The smallest absolute Gasteiger partial charge is 0.432 e. The number of imidazole rings is 2. The zero-order valence-corrected chi connectivity index (χ0v) is 22.5. The van der Waals surface area contributed by atoms with Crippen LogP contribution in [0.4, 0.5) is 38.0 Å². The number of carbonyl (C=O) groups excluding carboxylic acids is 1. The molecule has 3 heterocycles. The van der Waals surface area contributed by atoms with Crippen LogP contribution in [0.2, 0.25) is 0 Å². The number of aromatic amines is 1. The predicted molar refractivity (Wildman–Crippen MR) is 146 cm³/mol. The summed E-state index contributed by atoms with van der Waals surface area (Å²) in [6, 6.07) is 11.5. The van der Waals surface area contributed by atoms with E-state index in [0.29, 0.717) is 23.0 Å². The van der Waals surface area contributed by atoms with Crippen molar-refractivity contribution in [3.63, 3.8) is 0 Å². The fourth-order valence-corrected chi connectivity index (χ4v) is 4.32. The number of hydrogen-bond acceptors (Lipinski definition) is 6. The lowest BCUT2D eigenvalue weighted by molar-refractivity contribution is -0.141. The van der Waals surface area contributed by atoms with Crippen LogP contribution in [-0.4, -0.2) is 30.3 Å². The molecule has 0 fully saturated rings. The fourth-order valence-electron chi connectivity index (χ4n) is 4.32. The van der Waals surface area contributed by atoms with Gasteiger partial charge in [0, 0.05) is 37.5 Å². The van der Waals surface area contributed by atoms with Crippen molar-refractivity contribution in [1.29, 1.82) is 0 Å². The average Bonchev–Trinajstić information content (AvgIpc) is 3.55. The Labute approximate surface area is 240 Å². The standard InChI is InChI=1S/C29H22F6N6O2/c1-3-4-18(42)11-16-5-6-17(12-21(16)28(30,31)32)38-27-39-22-13-19(7-8-24(22)41(27)2)43-20-9-10-36-23(14-20)26-37-15-25(40-26)29(33,34)35/h3-10,12-15H,11H2,1-2H3,(H,37,40)(H,38,39)/b4-3+. The molecule has 5 aromatic rings. The molecule has 0 aliphatic heterocycles. The second-order valence-electron chi connectivity index (χ2n) is 9.40. The minimum Gasteiger partial charge on any atom is -0.457 e. The highest BCUT2D eigenvalue weighted by Gasteiger charge is 2.34. The topological polar surface area (TPSA) is 97.7 Å². The van der Waals surface area contributed by atoms with Gasteiger partial charge in [0.25, 0.3) is 0 Å². The number of nitrogens with zero attached hydrogens (tertiary/aromatic N) is 4. The lowest BCUT2D eigenvalue weighted by atomic mass is 10.0. The number of carbonyl (C=O) groups is 1. The summed E-state index contributed by atoms with van der Waals surface area (Å²) in [6.45, 7) is 1.61. The number of ketones is 1. The zero-order valence-electron chi connectivity index (χ0n) is 22.5. The zero-order chi connectivity index (χ0) is 30.9. The van der Waals surface area contributed by atoms with E-state index in [9.17, 15) is 31.1 Å². The molecule has 0 unspecified atom stereocenters. The van der Waals surface area contributed by atoms with Crippen molar-refractivity contribution in [2.75, 3.05) is 5.32 Å². The van der Waals surface area contributed by atoms with E-state index in [2.05, 4.69) is 25.3 Å². The van der Waals surface area contributed by atoms with Crippen LogP contribution in [0.15, 0.2) is 73.1 Å². The Kier molecular flexibility index (Phi) is 7.69. The average molecular weight is 601 g/mol. The third-order valence-electron chi connectivity index (χ3n) is 6.33. The molecule has 43 heavy (non-hydrogen) atoms. The van der Waals surface area contributed by atoms with Crippen LogP contribution >= 0.6 is 0 Å². The Morgan fingerprint density at radius 3 is 2.47 bits per heavy atom.